The van der Waals surface area contributed by atoms with Crippen LogP contribution in [0.1, 0.15) is 114 Å². The molecule has 3 fully saturated rings. The van der Waals surface area contributed by atoms with Crippen molar-refractivity contribution in [3.05, 3.63) is 70.4 Å². The lowest BCUT2D eigenvalue weighted by Gasteiger charge is -2.53. The third-order valence-corrected chi connectivity index (χ3v) is 16.2. The minimum Gasteiger partial charge on any atom is -0.508 e. The van der Waals surface area contributed by atoms with Crippen molar-refractivity contribution >= 4 is 29.1 Å². The molecule has 4 aliphatic rings. The van der Waals surface area contributed by atoms with Crippen LogP contribution in [-0.4, -0.2) is 117 Å². The molecular weight excluding hydrogens is 869 g/mol. The van der Waals surface area contributed by atoms with Gasteiger partial charge >= 0.3 is 0 Å². The molecular formula is C53H76N4O9S. The number of aromatic nitrogens is 1. The topological polar surface area (TPSA) is 158 Å². The van der Waals surface area contributed by atoms with Crippen molar-refractivity contribution < 1.29 is 43.2 Å². The molecule has 14 heteroatoms. The van der Waals surface area contributed by atoms with Crippen LogP contribution in [0.25, 0.3) is 10.4 Å². The Morgan fingerprint density at radius 2 is 1.64 bits per heavy atom. The SMILES string of the molecule is CO[C@H]1CC[C@H]2[C@@H]3[C@H](CCCCOCCOCCOCCOCC(=O)N[C@H](C(=O)N4CCC[C@H]4C(=O)NCc4ccc(-c5scnc5C)cc4)C(C)(C)C)Cc4cc(O)ccc4[C@H]3CC[C@]12C. The van der Waals surface area contributed by atoms with E-state index in [0.717, 1.165) is 47.4 Å². The van der Waals surface area contributed by atoms with Crippen LogP contribution in [0.4, 0.5) is 0 Å². The monoisotopic (exact) mass is 945 g/mol. The first kappa shape index (κ1) is 50.9. The Bertz CT molecular complexity index is 2090. The molecule has 67 heavy (non-hydrogen) atoms. The van der Waals surface area contributed by atoms with Crippen LogP contribution in [0.15, 0.2) is 48.0 Å². The molecule has 2 saturated carbocycles. The number of phenolic OH excluding ortho intramolecular Hbond substituents is 1. The molecule has 1 aliphatic heterocycles. The van der Waals surface area contributed by atoms with Gasteiger partial charge in [0.25, 0.3) is 0 Å². The lowest BCUT2D eigenvalue weighted by Crippen LogP contribution is -2.58. The highest BCUT2D eigenvalue weighted by Gasteiger charge is 2.57. The number of aromatic hydroxyl groups is 1. The highest BCUT2D eigenvalue weighted by Crippen LogP contribution is 2.63. The largest absolute Gasteiger partial charge is 0.508 e. The second kappa shape index (κ2) is 23.6. The molecule has 0 radical (unpaired) electrons. The lowest BCUT2D eigenvalue weighted by atomic mass is 9.52. The summed E-state index contributed by atoms with van der Waals surface area (Å²) in [7, 11) is 1.89. The summed E-state index contributed by atoms with van der Waals surface area (Å²) in [5.41, 5.74) is 7.37. The van der Waals surface area contributed by atoms with E-state index in [0.29, 0.717) is 101 Å². The van der Waals surface area contributed by atoms with Crippen LogP contribution in [0.3, 0.4) is 0 Å². The van der Waals surface area contributed by atoms with Crippen molar-refractivity contribution in [3.8, 4) is 16.2 Å². The number of thiazole rings is 1. The first-order chi connectivity index (χ1) is 32.3. The zero-order valence-corrected chi connectivity index (χ0v) is 41.6. The number of methoxy groups -OCH3 is 1. The second-order valence-corrected chi connectivity index (χ2v) is 21.5. The first-order valence-corrected chi connectivity index (χ1v) is 25.7. The van der Waals surface area contributed by atoms with Crippen molar-refractivity contribution in [2.45, 2.75) is 129 Å². The third kappa shape index (κ3) is 12.7. The Hall–Kier alpha value is -3.92. The van der Waals surface area contributed by atoms with Gasteiger partial charge in [0.05, 0.1) is 61.8 Å². The van der Waals surface area contributed by atoms with Gasteiger partial charge in [-0.3, -0.25) is 14.4 Å². The Morgan fingerprint density at radius 1 is 0.925 bits per heavy atom. The second-order valence-electron chi connectivity index (χ2n) is 20.6. The van der Waals surface area contributed by atoms with Crippen LogP contribution >= 0.6 is 11.3 Å². The number of nitrogens with one attached hydrogen (secondary N) is 2. The van der Waals surface area contributed by atoms with Crippen molar-refractivity contribution in [3.63, 3.8) is 0 Å². The number of likely N-dealkylation sites (tertiary alicyclic amines) is 1. The molecule has 2 aromatic carbocycles. The fourth-order valence-electron chi connectivity index (χ4n) is 11.8. The molecule has 1 aromatic heterocycles. The van der Waals surface area contributed by atoms with Crippen LogP contribution in [-0.2, 0) is 51.0 Å². The first-order valence-electron chi connectivity index (χ1n) is 24.8. The van der Waals surface area contributed by atoms with Gasteiger partial charge in [-0.2, -0.15) is 0 Å². The Morgan fingerprint density at radius 3 is 2.33 bits per heavy atom. The fourth-order valence-corrected chi connectivity index (χ4v) is 12.6. The van der Waals surface area contributed by atoms with E-state index in [1.807, 2.05) is 76.7 Å². The minimum absolute atomic E-state index is 0.198. The Labute approximate surface area is 402 Å². The molecule has 7 rings (SSSR count). The summed E-state index contributed by atoms with van der Waals surface area (Å²) in [5.74, 6) is 2.05. The number of hydrogen-bond acceptors (Lipinski definition) is 11. The molecule has 0 spiro atoms. The van der Waals surface area contributed by atoms with E-state index in [-0.39, 0.29) is 30.4 Å². The maximum atomic E-state index is 13.9. The van der Waals surface area contributed by atoms with Gasteiger partial charge in [0.15, 0.2) is 0 Å². The zero-order valence-electron chi connectivity index (χ0n) is 40.8. The van der Waals surface area contributed by atoms with E-state index in [2.05, 4.69) is 28.6 Å². The van der Waals surface area contributed by atoms with Crippen molar-refractivity contribution in [1.29, 1.82) is 0 Å². The molecule has 3 aromatic rings. The number of hydrogen-bond donors (Lipinski definition) is 3. The van der Waals surface area contributed by atoms with Gasteiger partial charge in [-0.15, -0.1) is 11.3 Å². The van der Waals surface area contributed by atoms with E-state index in [1.54, 1.807) is 16.2 Å². The van der Waals surface area contributed by atoms with Gasteiger partial charge in [0.1, 0.15) is 24.4 Å². The lowest BCUT2D eigenvalue weighted by molar-refractivity contribution is -0.144. The molecule has 8 atom stereocenters. The number of fused-ring (bicyclic) bond motifs is 5. The standard InChI is InChI=1S/C53H76N4O9S/c1-35-48(67-34-55-35)37-14-12-36(13-15-37)32-54-50(60)44-11-9-22-57(44)51(61)49(52(2,3)4)56-46(59)33-66-29-28-65-27-26-64-25-24-63-23-8-7-10-38-30-39-31-40(58)16-17-41(39)42-20-21-53(5)43(47(38)42)18-19-45(53)62-6/h12-17,31,34,38,42-45,47,49,58H,7-11,18-30,32-33H2,1-6H3,(H,54,60)(H,56,59)/t38-,42-,43+,44+,45+,47-,49-,53+/m1/s1. The number of carbonyl (C=O) groups excluding carboxylic acids is 3. The van der Waals surface area contributed by atoms with E-state index in [9.17, 15) is 19.5 Å². The maximum absolute atomic E-state index is 13.9. The van der Waals surface area contributed by atoms with E-state index in [4.69, 9.17) is 23.7 Å². The molecule has 3 amide bonds. The number of carbonyl (C=O) groups is 3. The third-order valence-electron chi connectivity index (χ3n) is 15.2. The average molecular weight is 945 g/mol. The van der Waals surface area contributed by atoms with Gasteiger partial charge in [-0.05, 0) is 134 Å². The number of unbranched alkanes of at least 4 members (excludes halogenated alkanes) is 1. The number of amides is 3. The number of ether oxygens (including phenoxy) is 5. The summed E-state index contributed by atoms with van der Waals surface area (Å²) >= 11 is 1.60. The molecule has 0 bridgehead atoms. The van der Waals surface area contributed by atoms with E-state index < -0.39 is 23.4 Å². The summed E-state index contributed by atoms with van der Waals surface area (Å²) in [6.45, 7) is 13.9. The average Bonchev–Trinajstić information content (AvgIpc) is 4.06. The molecule has 368 valence electrons. The van der Waals surface area contributed by atoms with Gasteiger partial charge in [-0.1, -0.05) is 64.4 Å². The minimum atomic E-state index is -0.826. The Balaban J connectivity index is 0.728. The quantitative estimate of drug-likeness (QED) is 0.0797. The number of rotatable bonds is 23. The van der Waals surface area contributed by atoms with E-state index in [1.165, 1.54) is 36.8 Å². The number of phenols is 1. The van der Waals surface area contributed by atoms with Gasteiger partial charge in [-0.25, -0.2) is 4.98 Å². The predicted octanol–water partition coefficient (Wildman–Crippen LogP) is 8.00. The smallest absolute Gasteiger partial charge is 0.246 e. The summed E-state index contributed by atoms with van der Waals surface area (Å²) in [4.78, 5) is 47.4. The predicted molar refractivity (Wildman–Crippen MR) is 260 cm³/mol. The molecule has 1 saturated heterocycles. The van der Waals surface area contributed by atoms with Gasteiger partial charge in [0, 0.05) is 26.8 Å². The van der Waals surface area contributed by atoms with Crippen molar-refractivity contribution in [1.82, 2.24) is 20.5 Å². The summed E-state index contributed by atoms with van der Waals surface area (Å²) < 4.78 is 28.9. The van der Waals surface area contributed by atoms with Crippen LogP contribution in [0.5, 0.6) is 5.75 Å². The molecule has 13 nitrogen and oxygen atoms in total. The Kier molecular flexibility index (Phi) is 17.9. The zero-order chi connectivity index (χ0) is 47.6. The number of benzene rings is 2. The highest BCUT2D eigenvalue weighted by atomic mass is 32.1. The van der Waals surface area contributed by atoms with Crippen LogP contribution in [0, 0.1) is 35.5 Å². The summed E-state index contributed by atoms with van der Waals surface area (Å²) in [5, 5.41) is 16.2. The summed E-state index contributed by atoms with van der Waals surface area (Å²) in [6, 6.07) is 12.7. The van der Waals surface area contributed by atoms with Gasteiger partial charge in [0.2, 0.25) is 17.7 Å². The fraction of sp³-hybridized carbons (Fsp3) is 0.660. The van der Waals surface area contributed by atoms with Crippen LogP contribution in [0.2, 0.25) is 0 Å². The molecule has 2 heterocycles. The highest BCUT2D eigenvalue weighted by molar-refractivity contribution is 7.13. The normalized spacial score (nSPS) is 25.0. The maximum Gasteiger partial charge on any atom is 0.246 e. The van der Waals surface area contributed by atoms with E-state index >= 15 is 0 Å². The molecule has 3 N–H and O–H groups in total. The number of nitrogens with zero attached hydrogens (tertiary/aromatic N) is 2. The molecule has 3 aliphatic carbocycles. The van der Waals surface area contributed by atoms with Crippen molar-refractivity contribution in [2.75, 3.05) is 66.5 Å². The number of aryl methyl sites for hydroxylation is 1. The summed E-state index contributed by atoms with van der Waals surface area (Å²) in [6.07, 6.45) is 10.8. The van der Waals surface area contributed by atoms with Crippen molar-refractivity contribution in [2.24, 2.45) is 28.6 Å². The molecule has 0 unspecified atom stereocenters. The van der Waals surface area contributed by atoms with Gasteiger partial charge < -0.3 is 44.3 Å². The van der Waals surface area contributed by atoms with Crippen LogP contribution < -0.4 is 10.6 Å².